The van der Waals surface area contributed by atoms with Crippen LogP contribution in [0.15, 0.2) is 12.2 Å². The number of rotatable bonds is 4. The molecule has 7 heteroatoms. The third-order valence-electron chi connectivity index (χ3n) is 2.76. The van der Waals surface area contributed by atoms with Crippen LogP contribution in [0.1, 0.15) is 12.8 Å². The number of carbonyl (C=O) groups is 3. The Labute approximate surface area is 105 Å². The first kappa shape index (κ1) is 14.0. The Balaban J connectivity index is 2.45. The van der Waals surface area contributed by atoms with Crippen molar-refractivity contribution in [1.29, 1.82) is 0 Å². The van der Waals surface area contributed by atoms with Crippen LogP contribution in [0.3, 0.4) is 0 Å². The molecule has 4 N–H and O–H groups in total. The van der Waals surface area contributed by atoms with Crippen molar-refractivity contribution in [3.05, 3.63) is 12.2 Å². The van der Waals surface area contributed by atoms with Gasteiger partial charge in [-0.05, 0) is 18.8 Å². The van der Waals surface area contributed by atoms with Crippen molar-refractivity contribution in [2.75, 3.05) is 19.6 Å². The van der Waals surface area contributed by atoms with Crippen molar-refractivity contribution < 1.29 is 19.5 Å². The van der Waals surface area contributed by atoms with Crippen LogP contribution in [-0.4, -0.2) is 47.5 Å². The van der Waals surface area contributed by atoms with E-state index in [9.17, 15) is 14.4 Å². The lowest BCUT2D eigenvalue weighted by Gasteiger charge is -2.32. The molecule has 1 atom stereocenters. The number of aliphatic carboxylic acids is 1. The fraction of sp³-hybridized carbons (Fsp3) is 0.545. The third-order valence-corrected chi connectivity index (χ3v) is 2.76. The summed E-state index contributed by atoms with van der Waals surface area (Å²) in [6, 6.07) is -0.579. The smallest absolute Gasteiger partial charge is 0.328 e. The monoisotopic (exact) mass is 255 g/mol. The summed E-state index contributed by atoms with van der Waals surface area (Å²) in [5.74, 6) is -1.30. The van der Waals surface area contributed by atoms with Crippen molar-refractivity contribution in [2.45, 2.75) is 12.8 Å². The summed E-state index contributed by atoms with van der Waals surface area (Å²) < 4.78 is 0. The van der Waals surface area contributed by atoms with E-state index in [1.165, 1.54) is 0 Å². The number of hydrogen-bond acceptors (Lipinski definition) is 3. The Morgan fingerprint density at radius 1 is 1.39 bits per heavy atom. The van der Waals surface area contributed by atoms with E-state index in [-0.39, 0.29) is 11.8 Å². The van der Waals surface area contributed by atoms with Gasteiger partial charge in [0.15, 0.2) is 0 Å². The minimum absolute atomic E-state index is 0.161. The number of piperidine rings is 1. The fourth-order valence-electron chi connectivity index (χ4n) is 1.92. The number of carbonyl (C=O) groups excluding carboxylic acids is 2. The number of nitrogens with one attached hydrogen (secondary N) is 1. The maximum absolute atomic E-state index is 11.6. The second-order valence-corrected chi connectivity index (χ2v) is 4.21. The van der Waals surface area contributed by atoms with E-state index in [1.54, 1.807) is 4.90 Å². The lowest BCUT2D eigenvalue weighted by Crippen LogP contribution is -2.44. The van der Waals surface area contributed by atoms with Gasteiger partial charge in [-0.25, -0.2) is 9.59 Å². The maximum Gasteiger partial charge on any atom is 0.328 e. The molecule has 1 aliphatic rings. The molecule has 0 aromatic rings. The lowest BCUT2D eigenvalue weighted by atomic mass is 9.98. The summed E-state index contributed by atoms with van der Waals surface area (Å²) in [5, 5.41) is 11.0. The van der Waals surface area contributed by atoms with Crippen LogP contribution in [0.25, 0.3) is 0 Å². The average molecular weight is 255 g/mol. The summed E-state index contributed by atoms with van der Waals surface area (Å²) in [6.45, 7) is 1.54. The van der Waals surface area contributed by atoms with Crippen molar-refractivity contribution in [3.63, 3.8) is 0 Å². The number of carboxylic acids is 1. The van der Waals surface area contributed by atoms with Gasteiger partial charge < -0.3 is 21.1 Å². The molecule has 0 radical (unpaired) electrons. The van der Waals surface area contributed by atoms with Gasteiger partial charge in [-0.15, -0.1) is 0 Å². The zero-order valence-corrected chi connectivity index (χ0v) is 9.96. The molecule has 0 aliphatic carbocycles. The Morgan fingerprint density at radius 3 is 2.72 bits per heavy atom. The number of nitrogens with two attached hydrogens (primary N) is 1. The Hall–Kier alpha value is -2.05. The first-order valence-corrected chi connectivity index (χ1v) is 5.72. The molecule has 1 unspecified atom stereocenters. The number of likely N-dealkylation sites (tertiary alicyclic amines) is 1. The minimum atomic E-state index is -1.15. The van der Waals surface area contributed by atoms with Crippen LogP contribution in [0.2, 0.25) is 0 Å². The van der Waals surface area contributed by atoms with E-state index in [2.05, 4.69) is 5.32 Å². The lowest BCUT2D eigenvalue weighted by molar-refractivity contribution is -0.132. The largest absolute Gasteiger partial charge is 0.478 e. The van der Waals surface area contributed by atoms with E-state index in [4.69, 9.17) is 10.8 Å². The van der Waals surface area contributed by atoms with Gasteiger partial charge in [0, 0.05) is 31.8 Å². The van der Waals surface area contributed by atoms with E-state index < -0.39 is 12.0 Å². The highest BCUT2D eigenvalue weighted by molar-refractivity contribution is 5.93. The van der Waals surface area contributed by atoms with Crippen LogP contribution in [0.5, 0.6) is 0 Å². The molecule has 7 nitrogen and oxygen atoms in total. The van der Waals surface area contributed by atoms with Gasteiger partial charge in [0.25, 0.3) is 0 Å². The molecule has 0 aromatic heterocycles. The molecule has 1 heterocycles. The average Bonchev–Trinajstić information content (AvgIpc) is 2.33. The first-order chi connectivity index (χ1) is 8.49. The highest BCUT2D eigenvalue weighted by Crippen LogP contribution is 2.15. The van der Waals surface area contributed by atoms with Crippen molar-refractivity contribution >= 4 is 17.9 Å². The number of nitrogens with zero attached hydrogens (tertiary/aromatic N) is 1. The molecule has 1 rings (SSSR count). The maximum atomic E-state index is 11.6. The third kappa shape index (κ3) is 4.86. The van der Waals surface area contributed by atoms with Crippen LogP contribution >= 0.6 is 0 Å². The molecule has 1 aliphatic heterocycles. The van der Waals surface area contributed by atoms with Gasteiger partial charge in [0.2, 0.25) is 5.91 Å². The molecule has 0 spiro atoms. The number of carboxylic acid groups (broad SMARTS) is 1. The van der Waals surface area contributed by atoms with Gasteiger partial charge in [0.1, 0.15) is 0 Å². The summed E-state index contributed by atoms with van der Waals surface area (Å²) in [4.78, 5) is 34.1. The van der Waals surface area contributed by atoms with E-state index in [0.717, 1.165) is 25.0 Å². The quantitative estimate of drug-likeness (QED) is 0.589. The minimum Gasteiger partial charge on any atom is -0.478 e. The molecule has 100 valence electrons. The predicted octanol–water partition coefficient (Wildman–Crippen LogP) is -0.466. The molecular weight excluding hydrogens is 238 g/mol. The zero-order valence-electron chi connectivity index (χ0n) is 9.96. The molecule has 3 amide bonds. The highest BCUT2D eigenvalue weighted by atomic mass is 16.4. The number of urea groups is 1. The number of hydrogen-bond donors (Lipinski definition) is 3. The van der Waals surface area contributed by atoms with E-state index >= 15 is 0 Å². The summed E-state index contributed by atoms with van der Waals surface area (Å²) in [6.07, 6.45) is 3.62. The van der Waals surface area contributed by atoms with Gasteiger partial charge in [-0.3, -0.25) is 4.79 Å². The van der Waals surface area contributed by atoms with Crippen molar-refractivity contribution in [3.8, 4) is 0 Å². The van der Waals surface area contributed by atoms with Crippen LogP contribution in [0, 0.1) is 5.92 Å². The van der Waals surface area contributed by atoms with Crippen molar-refractivity contribution in [2.24, 2.45) is 11.7 Å². The standard InChI is InChI=1S/C11H17N3O4/c12-11(18)13-6-8-2-1-5-14(7-8)9(15)3-4-10(16)17/h3-4,8H,1-2,5-7H2,(H,16,17)(H3,12,13,18)/b4-3+. The predicted molar refractivity (Wildman–Crippen MR) is 63.7 cm³/mol. The Bertz CT molecular complexity index is 367. The second-order valence-electron chi connectivity index (χ2n) is 4.21. The topological polar surface area (TPSA) is 113 Å². The zero-order chi connectivity index (χ0) is 13.5. The Kier molecular flexibility index (Phi) is 5.16. The molecule has 1 saturated heterocycles. The molecule has 0 bridgehead atoms. The SMILES string of the molecule is NC(=O)NCC1CCCN(C(=O)/C=C/C(=O)O)C1. The van der Waals surface area contributed by atoms with Crippen LogP contribution in [0.4, 0.5) is 4.79 Å². The van der Waals surface area contributed by atoms with Gasteiger partial charge in [-0.2, -0.15) is 0 Å². The molecule has 1 fully saturated rings. The van der Waals surface area contributed by atoms with Crippen LogP contribution < -0.4 is 11.1 Å². The summed E-state index contributed by atoms with van der Waals surface area (Å²) in [7, 11) is 0. The number of primary amides is 1. The Morgan fingerprint density at radius 2 is 2.11 bits per heavy atom. The molecule has 0 saturated carbocycles. The van der Waals surface area contributed by atoms with Gasteiger partial charge >= 0.3 is 12.0 Å². The summed E-state index contributed by atoms with van der Waals surface area (Å²) >= 11 is 0. The van der Waals surface area contributed by atoms with Crippen LogP contribution in [-0.2, 0) is 9.59 Å². The van der Waals surface area contributed by atoms with Gasteiger partial charge in [0.05, 0.1) is 0 Å². The fourth-order valence-corrected chi connectivity index (χ4v) is 1.92. The molecule has 18 heavy (non-hydrogen) atoms. The molecule has 0 aromatic carbocycles. The van der Waals surface area contributed by atoms with E-state index in [1.807, 2.05) is 0 Å². The molecular formula is C11H17N3O4. The van der Waals surface area contributed by atoms with Crippen molar-refractivity contribution in [1.82, 2.24) is 10.2 Å². The van der Waals surface area contributed by atoms with Gasteiger partial charge in [-0.1, -0.05) is 0 Å². The number of amides is 3. The first-order valence-electron chi connectivity index (χ1n) is 5.72. The normalized spacial score (nSPS) is 19.8. The summed E-state index contributed by atoms with van der Waals surface area (Å²) in [5.41, 5.74) is 4.98. The highest BCUT2D eigenvalue weighted by Gasteiger charge is 2.22. The second kappa shape index (κ2) is 6.63. The van der Waals surface area contributed by atoms with E-state index in [0.29, 0.717) is 19.6 Å².